The lowest BCUT2D eigenvalue weighted by Gasteiger charge is -2.39. The summed E-state index contributed by atoms with van der Waals surface area (Å²) < 4.78 is 1.14. The van der Waals surface area contributed by atoms with E-state index in [9.17, 15) is 19.2 Å². The summed E-state index contributed by atoms with van der Waals surface area (Å²) in [5, 5.41) is 5.95. The molecule has 3 heterocycles. The fourth-order valence-electron chi connectivity index (χ4n) is 6.79. The molecule has 0 spiro atoms. The van der Waals surface area contributed by atoms with Crippen LogP contribution < -0.4 is 16.4 Å². The molecule has 47 heavy (non-hydrogen) atoms. The van der Waals surface area contributed by atoms with Gasteiger partial charge in [-0.15, -0.1) is 0 Å². The van der Waals surface area contributed by atoms with E-state index in [1.807, 2.05) is 29.2 Å². The first-order chi connectivity index (χ1) is 22.5. The molecule has 3 aliphatic heterocycles. The van der Waals surface area contributed by atoms with Crippen molar-refractivity contribution in [3.63, 3.8) is 0 Å². The highest BCUT2D eigenvalue weighted by atomic mass is 79.9. The zero-order valence-corrected chi connectivity index (χ0v) is 30.3. The second-order valence-corrected chi connectivity index (χ2v) is 14.7. The summed E-state index contributed by atoms with van der Waals surface area (Å²) in [6.07, 6.45) is 4.18. The molecule has 0 aliphatic carbocycles. The fraction of sp³-hybridized carbons (Fsp3) is 0.529. The van der Waals surface area contributed by atoms with E-state index in [0.29, 0.717) is 65.3 Å². The highest BCUT2D eigenvalue weighted by Crippen LogP contribution is 2.30. The van der Waals surface area contributed by atoms with Crippen molar-refractivity contribution in [3.8, 4) is 0 Å². The summed E-state index contributed by atoms with van der Waals surface area (Å²) >= 11 is 6.79. The molecule has 11 nitrogen and oxygen atoms in total. The molecule has 1 unspecified atom stereocenters. The van der Waals surface area contributed by atoms with Crippen molar-refractivity contribution in [1.82, 2.24) is 24.9 Å². The number of para-hydroxylation sites is 1. The number of ketones is 1. The van der Waals surface area contributed by atoms with E-state index in [4.69, 9.17) is 5.73 Å². The Morgan fingerprint density at radius 3 is 2.32 bits per heavy atom. The lowest BCUT2D eigenvalue weighted by atomic mass is 9.99. The van der Waals surface area contributed by atoms with E-state index < -0.39 is 6.04 Å². The molecule has 2 fully saturated rings. The number of anilines is 2. The first-order valence-electron chi connectivity index (χ1n) is 16.4. The zero-order valence-electron chi connectivity index (χ0n) is 27.1. The van der Waals surface area contributed by atoms with Gasteiger partial charge in [0.25, 0.3) is 0 Å². The molecular weight excluding hydrogens is 730 g/mol. The molecule has 4 N–H and O–H groups in total. The number of rotatable bonds is 10. The van der Waals surface area contributed by atoms with Crippen molar-refractivity contribution in [1.29, 1.82) is 0 Å². The number of carbonyl (C=O) groups excluding carboxylic acids is 4. The number of likely N-dealkylation sites (tertiary alicyclic amines) is 2. The highest BCUT2D eigenvalue weighted by Gasteiger charge is 2.35. The predicted molar refractivity (Wildman–Crippen MR) is 190 cm³/mol. The Morgan fingerprint density at radius 2 is 1.66 bits per heavy atom. The minimum atomic E-state index is -1.00. The third kappa shape index (κ3) is 8.92. The fourth-order valence-corrected chi connectivity index (χ4v) is 7.98. The largest absolute Gasteiger partial charge is 0.397 e. The number of amides is 4. The number of halogens is 2. The summed E-state index contributed by atoms with van der Waals surface area (Å²) in [4.78, 5) is 61.9. The van der Waals surface area contributed by atoms with Gasteiger partial charge >= 0.3 is 6.03 Å². The lowest BCUT2D eigenvalue weighted by molar-refractivity contribution is -0.137. The average molecular weight is 776 g/mol. The van der Waals surface area contributed by atoms with Crippen LogP contribution in [-0.4, -0.2) is 115 Å². The molecular formula is C34H45Br2N7O4. The standard InChI is InChI=1S/C34H45Br2N7O4/c1-40(2)24-8-13-41(14-9-24)15-12-31(45)38-29(21-30(44)23-19-26(35)32(37)27(36)20-23)33(46)42-16-10-25(11-17-42)43-18-7-22-5-3-4-6-28(22)39-34(43)47/h3-6,19-20,24-25,29H,7-18,21,37H2,1-2H3,(H,38,45)(H,39,47). The normalized spacial score (nSPS) is 18.8. The Morgan fingerprint density at radius 1 is 1.00 bits per heavy atom. The summed E-state index contributed by atoms with van der Waals surface area (Å²) in [6.45, 7) is 3.92. The number of urea groups is 1. The van der Waals surface area contributed by atoms with E-state index in [1.54, 1.807) is 17.0 Å². The topological polar surface area (TPSA) is 131 Å². The van der Waals surface area contributed by atoms with Crippen LogP contribution in [0.5, 0.6) is 0 Å². The summed E-state index contributed by atoms with van der Waals surface area (Å²) in [5.41, 5.74) is 8.84. The molecule has 2 aromatic rings. The van der Waals surface area contributed by atoms with Crippen LogP contribution >= 0.6 is 31.9 Å². The van der Waals surface area contributed by atoms with Crippen molar-refractivity contribution >= 4 is 66.9 Å². The lowest BCUT2D eigenvalue weighted by Crippen LogP contribution is -2.55. The van der Waals surface area contributed by atoms with Gasteiger partial charge in [-0.2, -0.15) is 0 Å². The van der Waals surface area contributed by atoms with Gasteiger partial charge in [0, 0.05) is 71.3 Å². The molecule has 4 amide bonds. The van der Waals surface area contributed by atoms with Crippen molar-refractivity contribution in [2.45, 2.75) is 63.1 Å². The Hall–Kier alpha value is -3.00. The zero-order chi connectivity index (χ0) is 33.7. The predicted octanol–water partition coefficient (Wildman–Crippen LogP) is 4.35. The molecule has 0 aromatic heterocycles. The quantitative estimate of drug-likeness (QED) is 0.242. The maximum absolute atomic E-state index is 14.0. The number of hydrogen-bond acceptors (Lipinski definition) is 7. The van der Waals surface area contributed by atoms with Gasteiger partial charge < -0.3 is 36.0 Å². The van der Waals surface area contributed by atoms with Gasteiger partial charge in [0.1, 0.15) is 6.04 Å². The van der Waals surface area contributed by atoms with Crippen molar-refractivity contribution in [2.75, 3.05) is 64.4 Å². The number of nitrogens with two attached hydrogens (primary N) is 1. The first kappa shape index (κ1) is 35.3. The van der Waals surface area contributed by atoms with Gasteiger partial charge in [-0.1, -0.05) is 18.2 Å². The van der Waals surface area contributed by atoms with Crippen LogP contribution in [0.25, 0.3) is 0 Å². The van der Waals surface area contributed by atoms with E-state index >= 15 is 0 Å². The van der Waals surface area contributed by atoms with Crippen molar-refractivity contribution in [3.05, 3.63) is 56.5 Å². The SMILES string of the molecule is CN(C)C1CCN(CCC(=O)NC(CC(=O)c2cc(Br)c(N)c(Br)c2)C(=O)N2CCC(N3CCc4ccccc4NC3=O)CC2)CC1. The molecule has 2 aromatic carbocycles. The number of Topliss-reactive ketones (excluding diaryl/α,β-unsaturated/α-hetero) is 1. The van der Waals surface area contributed by atoms with Crippen molar-refractivity contribution < 1.29 is 19.2 Å². The van der Waals surface area contributed by atoms with Gasteiger partial charge in [0.2, 0.25) is 11.8 Å². The molecule has 0 bridgehead atoms. The second kappa shape index (κ2) is 15.9. The molecule has 0 radical (unpaired) electrons. The smallest absolute Gasteiger partial charge is 0.322 e. The van der Waals surface area contributed by atoms with E-state index in [0.717, 1.165) is 43.6 Å². The molecule has 3 aliphatic rings. The Balaban J connectivity index is 1.22. The third-order valence-electron chi connectivity index (χ3n) is 9.73. The van der Waals surface area contributed by atoms with Crippen molar-refractivity contribution in [2.24, 2.45) is 0 Å². The molecule has 2 saturated heterocycles. The van der Waals surface area contributed by atoms with Crippen LogP contribution in [-0.2, 0) is 16.0 Å². The number of carbonyl (C=O) groups is 4. The average Bonchev–Trinajstić information content (AvgIpc) is 3.23. The molecule has 254 valence electrons. The van der Waals surface area contributed by atoms with Crippen LogP contribution in [0, 0.1) is 0 Å². The Labute approximate surface area is 293 Å². The number of nitrogens with one attached hydrogen (secondary N) is 2. The van der Waals surface area contributed by atoms with Crippen LogP contribution in [0.1, 0.15) is 54.4 Å². The highest BCUT2D eigenvalue weighted by molar-refractivity contribution is 9.11. The summed E-state index contributed by atoms with van der Waals surface area (Å²) in [7, 11) is 4.20. The number of nitrogen functional groups attached to an aromatic ring is 1. The van der Waals surface area contributed by atoms with E-state index in [2.05, 4.69) is 66.4 Å². The Kier molecular flexibility index (Phi) is 12.0. The summed E-state index contributed by atoms with van der Waals surface area (Å²) in [5.74, 6) is -0.800. The van der Waals surface area contributed by atoms with Gasteiger partial charge in [0.15, 0.2) is 5.78 Å². The Bertz CT molecular complexity index is 1450. The van der Waals surface area contributed by atoms with E-state index in [1.165, 1.54) is 0 Å². The minimum Gasteiger partial charge on any atom is -0.397 e. The number of benzene rings is 2. The molecule has 5 rings (SSSR count). The second-order valence-electron chi connectivity index (χ2n) is 13.0. The van der Waals surface area contributed by atoms with Gasteiger partial charge in [-0.05, 0) is 115 Å². The monoisotopic (exact) mass is 773 g/mol. The molecule has 0 saturated carbocycles. The van der Waals surface area contributed by atoms with Crippen LogP contribution in [0.2, 0.25) is 0 Å². The number of piperidine rings is 2. The van der Waals surface area contributed by atoms with Crippen LogP contribution in [0.3, 0.4) is 0 Å². The number of nitrogens with zero attached hydrogens (tertiary/aromatic N) is 4. The van der Waals surface area contributed by atoms with Gasteiger partial charge in [-0.25, -0.2) is 4.79 Å². The van der Waals surface area contributed by atoms with Gasteiger partial charge in [0.05, 0.1) is 5.69 Å². The molecule has 13 heteroatoms. The first-order valence-corrected chi connectivity index (χ1v) is 18.0. The number of hydrogen-bond donors (Lipinski definition) is 3. The summed E-state index contributed by atoms with van der Waals surface area (Å²) in [6, 6.07) is 10.5. The molecule has 1 atom stereocenters. The number of fused-ring (bicyclic) bond motifs is 1. The van der Waals surface area contributed by atoms with Crippen LogP contribution in [0.15, 0.2) is 45.3 Å². The van der Waals surface area contributed by atoms with Crippen LogP contribution in [0.4, 0.5) is 16.2 Å². The third-order valence-corrected chi connectivity index (χ3v) is 11.0. The maximum Gasteiger partial charge on any atom is 0.322 e. The van der Waals surface area contributed by atoms with Gasteiger partial charge in [-0.3, -0.25) is 14.4 Å². The maximum atomic E-state index is 14.0. The van der Waals surface area contributed by atoms with E-state index in [-0.39, 0.29) is 42.5 Å². The minimum absolute atomic E-state index is 0.0100.